The van der Waals surface area contributed by atoms with E-state index in [1.165, 1.54) is 12.1 Å². The molecule has 0 saturated carbocycles. The van der Waals surface area contributed by atoms with Crippen molar-refractivity contribution in [3.63, 3.8) is 0 Å². The smallest absolute Gasteiger partial charge is 0.242 e. The van der Waals surface area contributed by atoms with E-state index in [1.807, 2.05) is 30.3 Å². The van der Waals surface area contributed by atoms with Crippen molar-refractivity contribution < 1.29 is 19.4 Å². The third-order valence-electron chi connectivity index (χ3n) is 3.74. The largest absolute Gasteiger partial charge is 0.366 e. The number of hydrogen-bond donors (Lipinski definition) is 4. The first kappa shape index (κ1) is 18.1. The molecule has 0 spiro atoms. The summed E-state index contributed by atoms with van der Waals surface area (Å²) in [5, 5.41) is 24.6. The van der Waals surface area contributed by atoms with Gasteiger partial charge in [-0.2, -0.15) is 0 Å². The molecule has 24 heavy (non-hydrogen) atoms. The highest BCUT2D eigenvalue weighted by Gasteiger charge is 2.25. The molecule has 0 bridgehead atoms. The van der Waals surface area contributed by atoms with Crippen LogP contribution in [0.25, 0.3) is 0 Å². The minimum absolute atomic E-state index is 0.176. The number of nitrogens with one attached hydrogen (secondary N) is 2. The van der Waals surface area contributed by atoms with Crippen molar-refractivity contribution in [1.82, 2.24) is 10.6 Å². The molecule has 5 nitrogen and oxygen atoms in total. The van der Waals surface area contributed by atoms with Gasteiger partial charge in [0, 0.05) is 0 Å². The van der Waals surface area contributed by atoms with Crippen molar-refractivity contribution in [2.75, 3.05) is 7.05 Å². The maximum absolute atomic E-state index is 13.0. The van der Waals surface area contributed by atoms with Crippen molar-refractivity contribution >= 4 is 5.91 Å². The van der Waals surface area contributed by atoms with E-state index < -0.39 is 18.4 Å². The molecule has 0 fully saturated rings. The minimum Gasteiger partial charge on any atom is -0.366 e. The average Bonchev–Trinajstić information content (AvgIpc) is 2.57. The number of hydrogen-bond acceptors (Lipinski definition) is 4. The molecule has 1 amide bonds. The summed E-state index contributed by atoms with van der Waals surface area (Å²) >= 11 is 0. The molecule has 0 aliphatic heterocycles. The molecule has 2 atom stereocenters. The molecule has 0 aromatic heterocycles. The van der Waals surface area contributed by atoms with Gasteiger partial charge in [-0.05, 0) is 36.7 Å². The third kappa shape index (κ3) is 4.86. The summed E-state index contributed by atoms with van der Waals surface area (Å²) in [5.41, 5.74) is 1.46. The maximum Gasteiger partial charge on any atom is 0.242 e. The maximum atomic E-state index is 13.0. The van der Waals surface area contributed by atoms with Crippen LogP contribution in [0, 0.1) is 5.82 Å². The molecule has 2 aromatic rings. The quantitative estimate of drug-likeness (QED) is 0.573. The number of carbonyl (C=O) groups excluding carboxylic acids is 1. The Hall–Kier alpha value is -2.28. The van der Waals surface area contributed by atoms with E-state index in [9.17, 15) is 19.4 Å². The second-order valence-electron chi connectivity index (χ2n) is 5.49. The third-order valence-corrected chi connectivity index (χ3v) is 3.74. The number of carbonyl (C=O) groups is 1. The summed E-state index contributed by atoms with van der Waals surface area (Å²) < 4.78 is 13.0. The lowest BCUT2D eigenvalue weighted by Gasteiger charge is -2.24. The van der Waals surface area contributed by atoms with E-state index in [4.69, 9.17) is 0 Å². The van der Waals surface area contributed by atoms with Gasteiger partial charge in [-0.25, -0.2) is 4.39 Å². The molecular formula is C18H21FN2O3. The zero-order valence-corrected chi connectivity index (χ0v) is 13.3. The van der Waals surface area contributed by atoms with Gasteiger partial charge in [0.2, 0.25) is 5.91 Å². The van der Waals surface area contributed by atoms with Crippen LogP contribution < -0.4 is 10.6 Å². The van der Waals surface area contributed by atoms with Crippen molar-refractivity contribution in [3.8, 4) is 0 Å². The summed E-state index contributed by atoms with van der Waals surface area (Å²) in [6, 6.07) is 13.3. The molecule has 2 aromatic carbocycles. The monoisotopic (exact) mass is 332 g/mol. The Morgan fingerprint density at radius 3 is 2.25 bits per heavy atom. The Morgan fingerprint density at radius 2 is 1.71 bits per heavy atom. The fraction of sp³-hybridized carbons (Fsp3) is 0.278. The van der Waals surface area contributed by atoms with E-state index in [1.54, 1.807) is 19.2 Å². The molecule has 0 radical (unpaired) electrons. The molecule has 0 aliphatic carbocycles. The molecule has 0 saturated heterocycles. The lowest BCUT2D eigenvalue weighted by atomic mass is 10.0. The SMILES string of the molecule is CNC(C(=O)NC(Cc1ccc(F)cc1)C(O)O)c1ccccc1. The number of aliphatic hydroxyl groups excluding tert-OH is 1. The average molecular weight is 332 g/mol. The first-order chi connectivity index (χ1) is 11.5. The van der Waals surface area contributed by atoms with Gasteiger partial charge < -0.3 is 20.8 Å². The molecule has 6 heteroatoms. The number of likely N-dealkylation sites (N-methyl/N-ethyl adjacent to an activating group) is 1. The van der Waals surface area contributed by atoms with Crippen molar-refractivity contribution in [3.05, 3.63) is 71.5 Å². The molecule has 128 valence electrons. The van der Waals surface area contributed by atoms with Crippen LogP contribution in [0.4, 0.5) is 4.39 Å². The standard InChI is InChI=1S/C18H21FN2O3/c1-20-16(13-5-3-2-4-6-13)17(22)21-15(18(23)24)11-12-7-9-14(19)10-8-12/h2-10,15-16,18,20,23-24H,11H2,1H3,(H,21,22). The summed E-state index contributed by atoms with van der Waals surface area (Å²) in [6.45, 7) is 0. The summed E-state index contributed by atoms with van der Waals surface area (Å²) in [5.74, 6) is -0.743. The summed E-state index contributed by atoms with van der Waals surface area (Å²) in [4.78, 5) is 12.5. The second kappa shape index (κ2) is 8.54. The van der Waals surface area contributed by atoms with Gasteiger partial charge in [-0.3, -0.25) is 4.79 Å². The topological polar surface area (TPSA) is 81.6 Å². The Labute approximate surface area is 140 Å². The molecule has 0 heterocycles. The van der Waals surface area contributed by atoms with Gasteiger partial charge in [0.05, 0.1) is 6.04 Å². The Balaban J connectivity index is 2.08. The first-order valence-electron chi connectivity index (χ1n) is 7.64. The Bertz CT molecular complexity index is 647. The van der Waals surface area contributed by atoms with E-state index in [0.717, 1.165) is 5.56 Å². The zero-order valence-electron chi connectivity index (χ0n) is 13.3. The number of halogens is 1. The van der Waals surface area contributed by atoms with Crippen LogP contribution in [-0.4, -0.2) is 35.5 Å². The second-order valence-corrected chi connectivity index (χ2v) is 5.49. The molecule has 0 aliphatic rings. The van der Waals surface area contributed by atoms with E-state index in [2.05, 4.69) is 10.6 Å². The van der Waals surface area contributed by atoms with E-state index >= 15 is 0 Å². The zero-order chi connectivity index (χ0) is 17.5. The van der Waals surface area contributed by atoms with Crippen molar-refractivity contribution in [2.24, 2.45) is 0 Å². The number of aliphatic hydroxyl groups is 2. The van der Waals surface area contributed by atoms with Crippen LogP contribution >= 0.6 is 0 Å². The van der Waals surface area contributed by atoms with Crippen molar-refractivity contribution in [2.45, 2.75) is 24.8 Å². The normalized spacial score (nSPS) is 13.5. The first-order valence-corrected chi connectivity index (χ1v) is 7.64. The molecular weight excluding hydrogens is 311 g/mol. The highest BCUT2D eigenvalue weighted by molar-refractivity contribution is 5.83. The molecule has 4 N–H and O–H groups in total. The van der Waals surface area contributed by atoms with Gasteiger partial charge >= 0.3 is 0 Å². The lowest BCUT2D eigenvalue weighted by molar-refractivity contribution is -0.128. The fourth-order valence-electron chi connectivity index (χ4n) is 2.47. The van der Waals surface area contributed by atoms with Crippen LogP contribution in [0.1, 0.15) is 17.2 Å². The number of benzene rings is 2. The Morgan fingerprint density at radius 1 is 1.08 bits per heavy atom. The molecule has 2 rings (SSSR count). The van der Waals surface area contributed by atoms with E-state index in [0.29, 0.717) is 5.56 Å². The van der Waals surface area contributed by atoms with Crippen LogP contribution in [0.15, 0.2) is 54.6 Å². The predicted molar refractivity (Wildman–Crippen MR) is 88.5 cm³/mol. The van der Waals surface area contributed by atoms with Gasteiger partial charge in [0.25, 0.3) is 0 Å². The van der Waals surface area contributed by atoms with Crippen LogP contribution in [-0.2, 0) is 11.2 Å². The fourth-order valence-corrected chi connectivity index (χ4v) is 2.47. The van der Waals surface area contributed by atoms with E-state index in [-0.39, 0.29) is 18.1 Å². The van der Waals surface area contributed by atoms with Crippen LogP contribution in [0.5, 0.6) is 0 Å². The van der Waals surface area contributed by atoms with Crippen LogP contribution in [0.3, 0.4) is 0 Å². The van der Waals surface area contributed by atoms with Gasteiger partial charge in [0.1, 0.15) is 11.9 Å². The summed E-state index contributed by atoms with van der Waals surface area (Å²) in [6.07, 6.45) is -1.55. The highest BCUT2D eigenvalue weighted by Crippen LogP contribution is 2.14. The van der Waals surface area contributed by atoms with Crippen LogP contribution in [0.2, 0.25) is 0 Å². The lowest BCUT2D eigenvalue weighted by Crippen LogP contribution is -2.48. The molecule has 2 unspecified atom stereocenters. The number of amides is 1. The number of rotatable bonds is 7. The highest BCUT2D eigenvalue weighted by atomic mass is 19.1. The van der Waals surface area contributed by atoms with Crippen molar-refractivity contribution in [1.29, 1.82) is 0 Å². The minimum atomic E-state index is -1.73. The van der Waals surface area contributed by atoms with Gasteiger partial charge in [0.15, 0.2) is 6.29 Å². The Kier molecular flexibility index (Phi) is 6.43. The predicted octanol–water partition coefficient (Wildman–Crippen LogP) is 1.12. The summed E-state index contributed by atoms with van der Waals surface area (Å²) in [7, 11) is 1.65. The van der Waals surface area contributed by atoms with Gasteiger partial charge in [-0.15, -0.1) is 0 Å². The van der Waals surface area contributed by atoms with Gasteiger partial charge in [-0.1, -0.05) is 42.5 Å².